The van der Waals surface area contributed by atoms with Crippen LogP contribution in [0.1, 0.15) is 18.4 Å². The Morgan fingerprint density at radius 3 is 2.69 bits per heavy atom. The van der Waals surface area contributed by atoms with Crippen LogP contribution >= 0.6 is 11.6 Å². The van der Waals surface area contributed by atoms with Gasteiger partial charge in [-0.15, -0.1) is 0 Å². The summed E-state index contributed by atoms with van der Waals surface area (Å²) in [4.78, 5) is 6.54. The highest BCUT2D eigenvalue weighted by molar-refractivity contribution is 6.30. The average molecular weight is 372 g/mol. The Kier molecular flexibility index (Phi) is 5.73. The predicted octanol–water partition coefficient (Wildman–Crippen LogP) is 3.55. The van der Waals surface area contributed by atoms with E-state index in [0.29, 0.717) is 18.0 Å². The maximum atomic E-state index is 6.13. The van der Waals surface area contributed by atoms with E-state index < -0.39 is 0 Å². The zero-order valence-electron chi connectivity index (χ0n) is 15.0. The third kappa shape index (κ3) is 4.37. The van der Waals surface area contributed by atoms with Crippen LogP contribution in [0.5, 0.6) is 0 Å². The number of hydrogen-bond acceptors (Lipinski definition) is 4. The number of anilines is 1. The van der Waals surface area contributed by atoms with Gasteiger partial charge in [0.05, 0.1) is 13.2 Å². The number of nitrogens with one attached hydrogen (secondary N) is 1. The van der Waals surface area contributed by atoms with Crippen molar-refractivity contribution >= 4 is 17.3 Å². The summed E-state index contributed by atoms with van der Waals surface area (Å²) < 4.78 is 5.78. The summed E-state index contributed by atoms with van der Waals surface area (Å²) in [6, 6.07) is 13.4. The highest BCUT2D eigenvalue weighted by Crippen LogP contribution is 2.25. The van der Waals surface area contributed by atoms with Gasteiger partial charge >= 0.3 is 0 Å². The number of nitrogens with zero attached hydrogens (tertiary/aromatic N) is 2. The smallest absolute Gasteiger partial charge is 0.0623 e. The van der Waals surface area contributed by atoms with Gasteiger partial charge in [0.1, 0.15) is 0 Å². The number of pyridine rings is 1. The van der Waals surface area contributed by atoms with Gasteiger partial charge in [-0.3, -0.25) is 4.98 Å². The lowest BCUT2D eigenvalue weighted by molar-refractivity contribution is 0.181. The maximum Gasteiger partial charge on any atom is 0.0623 e. The van der Waals surface area contributed by atoms with E-state index in [2.05, 4.69) is 39.5 Å². The van der Waals surface area contributed by atoms with E-state index in [-0.39, 0.29) is 0 Å². The Morgan fingerprint density at radius 2 is 1.92 bits per heavy atom. The molecule has 0 saturated carbocycles. The minimum atomic E-state index is 0.450. The van der Waals surface area contributed by atoms with E-state index in [4.69, 9.17) is 16.3 Å². The van der Waals surface area contributed by atoms with Gasteiger partial charge < -0.3 is 15.0 Å². The van der Waals surface area contributed by atoms with Crippen LogP contribution in [0.4, 0.5) is 5.69 Å². The molecule has 1 aromatic heterocycles. The molecule has 2 aliphatic rings. The van der Waals surface area contributed by atoms with Crippen LogP contribution in [0.2, 0.25) is 5.02 Å². The topological polar surface area (TPSA) is 37.4 Å². The maximum absolute atomic E-state index is 6.13. The zero-order valence-corrected chi connectivity index (χ0v) is 15.7. The molecule has 1 aromatic carbocycles. The van der Waals surface area contributed by atoms with E-state index in [1.54, 1.807) is 0 Å². The molecule has 2 aromatic rings. The summed E-state index contributed by atoms with van der Waals surface area (Å²) in [5.74, 6) is 0.545. The van der Waals surface area contributed by atoms with Crippen molar-refractivity contribution in [2.24, 2.45) is 5.92 Å². The highest BCUT2D eigenvalue weighted by Gasteiger charge is 2.31. The van der Waals surface area contributed by atoms with Gasteiger partial charge in [0, 0.05) is 54.2 Å². The number of halogens is 1. The fourth-order valence-electron chi connectivity index (χ4n) is 4.09. The Morgan fingerprint density at radius 1 is 1.12 bits per heavy atom. The third-order valence-electron chi connectivity index (χ3n) is 5.56. The molecule has 4 nitrogen and oxygen atoms in total. The van der Waals surface area contributed by atoms with Crippen molar-refractivity contribution in [3.05, 3.63) is 59.4 Å². The summed E-state index contributed by atoms with van der Waals surface area (Å²) in [5, 5.41) is 4.69. The average Bonchev–Trinajstić information content (AvgIpc) is 3.10. The van der Waals surface area contributed by atoms with Crippen LogP contribution in [0.3, 0.4) is 0 Å². The number of hydrogen-bond donors (Lipinski definition) is 1. The van der Waals surface area contributed by atoms with Crippen LogP contribution in [0, 0.1) is 5.92 Å². The van der Waals surface area contributed by atoms with Crippen LogP contribution in [0.25, 0.3) is 0 Å². The number of benzene rings is 1. The summed E-state index contributed by atoms with van der Waals surface area (Å²) in [7, 11) is 0. The number of rotatable bonds is 5. The normalized spacial score (nSPS) is 24.1. The Hall–Kier alpha value is -1.62. The summed E-state index contributed by atoms with van der Waals surface area (Å²) >= 11 is 6.13. The van der Waals surface area contributed by atoms with E-state index >= 15 is 0 Å². The molecule has 0 amide bonds. The molecule has 2 fully saturated rings. The molecule has 0 bridgehead atoms. The Labute approximate surface area is 160 Å². The zero-order chi connectivity index (χ0) is 17.8. The number of piperidine rings is 1. The molecular weight excluding hydrogens is 346 g/mol. The molecule has 0 unspecified atom stereocenters. The molecule has 0 radical (unpaired) electrons. The molecule has 2 aliphatic heterocycles. The molecule has 26 heavy (non-hydrogen) atoms. The molecule has 0 spiro atoms. The van der Waals surface area contributed by atoms with E-state index in [1.165, 1.54) is 11.3 Å². The second-order valence-electron chi connectivity index (χ2n) is 7.37. The highest BCUT2D eigenvalue weighted by atomic mass is 35.5. The lowest BCUT2D eigenvalue weighted by atomic mass is 9.93. The quantitative estimate of drug-likeness (QED) is 0.872. The standard InChI is InChI=1S/C21H26ClN3O/c22-18-2-1-3-20(13-18)25-10-6-19(7-11-25)24-21-15-26-14-17(21)12-16-4-8-23-9-5-16/h1-5,8-9,13,17,19,21,24H,6-7,10-12,14-15H2/t17-,21-/m1/s1. The Balaban J connectivity index is 1.29. The molecule has 3 heterocycles. The molecule has 138 valence electrons. The van der Waals surface area contributed by atoms with Gasteiger partial charge in [0.25, 0.3) is 0 Å². The number of ether oxygens (including phenoxy) is 1. The summed E-state index contributed by atoms with van der Waals surface area (Å²) in [6.07, 6.45) is 7.12. The second kappa shape index (κ2) is 8.38. The van der Waals surface area contributed by atoms with Crippen molar-refractivity contribution in [3.8, 4) is 0 Å². The molecule has 5 heteroatoms. The van der Waals surface area contributed by atoms with E-state index in [9.17, 15) is 0 Å². The first-order valence-corrected chi connectivity index (χ1v) is 9.89. The molecule has 2 atom stereocenters. The fourth-order valence-corrected chi connectivity index (χ4v) is 4.27. The first-order valence-electron chi connectivity index (χ1n) is 9.51. The molecule has 2 saturated heterocycles. The largest absolute Gasteiger partial charge is 0.379 e. The van der Waals surface area contributed by atoms with Crippen molar-refractivity contribution in [2.45, 2.75) is 31.3 Å². The first-order chi connectivity index (χ1) is 12.8. The Bertz CT molecular complexity index is 703. The number of aromatic nitrogens is 1. The molecule has 1 N–H and O–H groups in total. The van der Waals surface area contributed by atoms with Crippen molar-refractivity contribution in [3.63, 3.8) is 0 Å². The predicted molar refractivity (Wildman–Crippen MR) is 106 cm³/mol. The summed E-state index contributed by atoms with van der Waals surface area (Å²) in [6.45, 7) is 3.81. The van der Waals surface area contributed by atoms with Gasteiger partial charge in [-0.05, 0) is 55.2 Å². The fraction of sp³-hybridized carbons (Fsp3) is 0.476. The molecule has 4 rings (SSSR count). The second-order valence-corrected chi connectivity index (χ2v) is 7.81. The van der Waals surface area contributed by atoms with Gasteiger partial charge in [-0.2, -0.15) is 0 Å². The van der Waals surface area contributed by atoms with Crippen molar-refractivity contribution in [1.29, 1.82) is 0 Å². The van der Waals surface area contributed by atoms with Crippen molar-refractivity contribution in [2.75, 3.05) is 31.2 Å². The summed E-state index contributed by atoms with van der Waals surface area (Å²) in [5.41, 5.74) is 2.58. The monoisotopic (exact) mass is 371 g/mol. The van der Waals surface area contributed by atoms with Crippen LogP contribution in [-0.4, -0.2) is 43.4 Å². The minimum Gasteiger partial charge on any atom is -0.379 e. The third-order valence-corrected chi connectivity index (χ3v) is 5.80. The van der Waals surface area contributed by atoms with Crippen LogP contribution in [-0.2, 0) is 11.2 Å². The van der Waals surface area contributed by atoms with Crippen LogP contribution in [0.15, 0.2) is 48.8 Å². The molecular formula is C21H26ClN3O. The van der Waals surface area contributed by atoms with Crippen molar-refractivity contribution < 1.29 is 4.74 Å². The molecule has 0 aliphatic carbocycles. The SMILES string of the molecule is Clc1cccc(N2CCC(N[C@@H]3COC[C@H]3Cc3ccncc3)CC2)c1. The van der Waals surface area contributed by atoms with Crippen LogP contribution < -0.4 is 10.2 Å². The van der Waals surface area contributed by atoms with E-state index in [1.807, 2.05) is 24.5 Å². The van der Waals surface area contributed by atoms with Gasteiger partial charge in [0.15, 0.2) is 0 Å². The minimum absolute atomic E-state index is 0.450. The lowest BCUT2D eigenvalue weighted by Crippen LogP contribution is -2.48. The van der Waals surface area contributed by atoms with E-state index in [0.717, 1.165) is 50.6 Å². The first kappa shape index (κ1) is 17.8. The van der Waals surface area contributed by atoms with Gasteiger partial charge in [0.2, 0.25) is 0 Å². The lowest BCUT2D eigenvalue weighted by Gasteiger charge is -2.36. The van der Waals surface area contributed by atoms with Gasteiger partial charge in [-0.1, -0.05) is 17.7 Å². The van der Waals surface area contributed by atoms with Crippen molar-refractivity contribution in [1.82, 2.24) is 10.3 Å². The van der Waals surface area contributed by atoms with Gasteiger partial charge in [-0.25, -0.2) is 0 Å².